The lowest BCUT2D eigenvalue weighted by Crippen LogP contribution is -2.28. The quantitative estimate of drug-likeness (QED) is 0.568. The van der Waals surface area contributed by atoms with Gasteiger partial charge in [-0.3, -0.25) is 4.79 Å². The van der Waals surface area contributed by atoms with Crippen molar-refractivity contribution in [3.8, 4) is 5.75 Å². The molecule has 0 aliphatic rings. The standard InChI is InChI=1S/C19H23ClN2O5S/c1-14-11-16(5-8-18(14)20)27-13-19(23)21-12-15-3-6-17(7-4-15)28(24,25)22-9-10-26-2/h3-8,11,22H,9-10,12-13H2,1-2H3,(H,21,23). The van der Waals surface area contributed by atoms with Gasteiger partial charge < -0.3 is 14.8 Å². The molecule has 0 unspecified atom stereocenters. The largest absolute Gasteiger partial charge is 0.484 e. The van der Waals surface area contributed by atoms with Gasteiger partial charge in [-0.2, -0.15) is 0 Å². The molecule has 0 fully saturated rings. The highest BCUT2D eigenvalue weighted by molar-refractivity contribution is 7.89. The molecule has 28 heavy (non-hydrogen) atoms. The molecule has 0 saturated heterocycles. The van der Waals surface area contributed by atoms with Gasteiger partial charge in [0.05, 0.1) is 11.5 Å². The fourth-order valence-electron chi connectivity index (χ4n) is 2.26. The lowest BCUT2D eigenvalue weighted by Gasteiger charge is -2.10. The van der Waals surface area contributed by atoms with E-state index < -0.39 is 10.0 Å². The summed E-state index contributed by atoms with van der Waals surface area (Å²) < 4.78 is 36.9. The maximum absolute atomic E-state index is 12.1. The number of amides is 1. The maximum atomic E-state index is 12.1. The van der Waals surface area contributed by atoms with E-state index in [1.165, 1.54) is 19.2 Å². The SMILES string of the molecule is COCCNS(=O)(=O)c1ccc(CNC(=O)COc2ccc(Cl)c(C)c2)cc1. The van der Waals surface area contributed by atoms with E-state index in [0.29, 0.717) is 17.4 Å². The zero-order valence-corrected chi connectivity index (χ0v) is 17.3. The number of halogens is 1. The van der Waals surface area contributed by atoms with E-state index in [1.807, 2.05) is 6.92 Å². The molecule has 2 rings (SSSR count). The van der Waals surface area contributed by atoms with Crippen LogP contribution in [0.3, 0.4) is 0 Å². The van der Waals surface area contributed by atoms with Crippen molar-refractivity contribution in [1.29, 1.82) is 0 Å². The number of aryl methyl sites for hydroxylation is 1. The number of sulfonamides is 1. The van der Waals surface area contributed by atoms with Gasteiger partial charge in [0.2, 0.25) is 10.0 Å². The van der Waals surface area contributed by atoms with Crippen molar-refractivity contribution in [2.75, 3.05) is 26.9 Å². The summed E-state index contributed by atoms with van der Waals surface area (Å²) in [7, 11) is -2.07. The second-order valence-electron chi connectivity index (χ2n) is 6.01. The van der Waals surface area contributed by atoms with Crippen molar-refractivity contribution in [3.63, 3.8) is 0 Å². The number of hydrogen-bond donors (Lipinski definition) is 2. The van der Waals surface area contributed by atoms with Gasteiger partial charge >= 0.3 is 0 Å². The number of hydrogen-bond acceptors (Lipinski definition) is 5. The minimum Gasteiger partial charge on any atom is -0.484 e. The summed E-state index contributed by atoms with van der Waals surface area (Å²) in [6.45, 7) is 2.48. The summed E-state index contributed by atoms with van der Waals surface area (Å²) in [5.41, 5.74) is 1.64. The van der Waals surface area contributed by atoms with Crippen LogP contribution in [0, 0.1) is 6.92 Å². The number of carbonyl (C=O) groups excluding carboxylic acids is 1. The summed E-state index contributed by atoms with van der Waals surface area (Å²) in [6, 6.07) is 11.4. The Morgan fingerprint density at radius 1 is 1.14 bits per heavy atom. The first-order chi connectivity index (χ1) is 13.3. The summed E-state index contributed by atoms with van der Waals surface area (Å²) >= 11 is 5.95. The average Bonchev–Trinajstić information content (AvgIpc) is 2.67. The van der Waals surface area contributed by atoms with E-state index in [-0.39, 0.29) is 30.5 Å². The van der Waals surface area contributed by atoms with Gasteiger partial charge in [0.15, 0.2) is 6.61 Å². The average molecular weight is 427 g/mol. The zero-order chi connectivity index (χ0) is 20.6. The molecule has 0 aromatic heterocycles. The summed E-state index contributed by atoms with van der Waals surface area (Å²) in [5.74, 6) is 0.276. The number of ether oxygens (including phenoxy) is 2. The second-order valence-corrected chi connectivity index (χ2v) is 8.19. The van der Waals surface area contributed by atoms with E-state index in [1.54, 1.807) is 30.3 Å². The van der Waals surface area contributed by atoms with Gasteiger partial charge in [-0.05, 0) is 48.4 Å². The molecule has 2 N–H and O–H groups in total. The predicted molar refractivity (Wildman–Crippen MR) is 107 cm³/mol. The molecule has 0 aliphatic heterocycles. The Kier molecular flexibility index (Phi) is 8.25. The molecule has 0 atom stereocenters. The van der Waals surface area contributed by atoms with Crippen molar-refractivity contribution >= 4 is 27.5 Å². The van der Waals surface area contributed by atoms with Crippen molar-refractivity contribution < 1.29 is 22.7 Å². The molecule has 2 aromatic carbocycles. The smallest absolute Gasteiger partial charge is 0.258 e. The highest BCUT2D eigenvalue weighted by Crippen LogP contribution is 2.20. The van der Waals surface area contributed by atoms with Crippen molar-refractivity contribution in [2.24, 2.45) is 0 Å². The first-order valence-corrected chi connectivity index (χ1v) is 10.4. The monoisotopic (exact) mass is 426 g/mol. The molecule has 7 nitrogen and oxygen atoms in total. The summed E-state index contributed by atoms with van der Waals surface area (Å²) in [4.78, 5) is 12.1. The van der Waals surface area contributed by atoms with Crippen LogP contribution in [0.15, 0.2) is 47.4 Å². The topological polar surface area (TPSA) is 93.7 Å². The van der Waals surface area contributed by atoms with Crippen molar-refractivity contribution in [2.45, 2.75) is 18.4 Å². The van der Waals surface area contributed by atoms with Crippen LogP contribution in [0.4, 0.5) is 0 Å². The normalized spacial score (nSPS) is 11.2. The van der Waals surface area contributed by atoms with E-state index in [4.69, 9.17) is 21.1 Å². The number of carbonyl (C=O) groups is 1. The Bertz CT molecular complexity index is 901. The molecule has 0 spiro atoms. The number of rotatable bonds is 10. The fourth-order valence-corrected chi connectivity index (χ4v) is 3.39. The Morgan fingerprint density at radius 2 is 1.86 bits per heavy atom. The molecule has 0 bridgehead atoms. The molecule has 0 radical (unpaired) electrons. The van der Waals surface area contributed by atoms with Crippen LogP contribution in [0.5, 0.6) is 5.75 Å². The van der Waals surface area contributed by atoms with Crippen LogP contribution in [0.1, 0.15) is 11.1 Å². The molecule has 0 saturated carbocycles. The lowest BCUT2D eigenvalue weighted by molar-refractivity contribution is -0.123. The van der Waals surface area contributed by atoms with E-state index >= 15 is 0 Å². The maximum Gasteiger partial charge on any atom is 0.258 e. The summed E-state index contributed by atoms with van der Waals surface area (Å²) in [6.07, 6.45) is 0. The van der Waals surface area contributed by atoms with Crippen LogP contribution in [-0.4, -0.2) is 41.2 Å². The molecule has 152 valence electrons. The molecule has 1 amide bonds. The van der Waals surface area contributed by atoms with Crippen molar-refractivity contribution in [3.05, 3.63) is 58.6 Å². The number of benzene rings is 2. The third-order valence-electron chi connectivity index (χ3n) is 3.82. The Labute approximate surface area is 170 Å². The van der Waals surface area contributed by atoms with Gasteiger partial charge in [0, 0.05) is 25.2 Å². The highest BCUT2D eigenvalue weighted by atomic mass is 35.5. The zero-order valence-electron chi connectivity index (χ0n) is 15.7. The minimum absolute atomic E-state index is 0.128. The van der Waals surface area contributed by atoms with Crippen LogP contribution in [0.2, 0.25) is 5.02 Å². The first-order valence-electron chi connectivity index (χ1n) is 8.55. The Hall–Kier alpha value is -2.13. The molecular weight excluding hydrogens is 404 g/mol. The minimum atomic E-state index is -3.57. The van der Waals surface area contributed by atoms with Gasteiger partial charge in [0.25, 0.3) is 5.91 Å². The van der Waals surface area contributed by atoms with Gasteiger partial charge in [-0.1, -0.05) is 23.7 Å². The first kappa shape index (κ1) is 22.2. The molecule has 2 aromatic rings. The van der Waals surface area contributed by atoms with Gasteiger partial charge in [-0.25, -0.2) is 13.1 Å². The summed E-state index contributed by atoms with van der Waals surface area (Å²) in [5, 5.41) is 3.36. The van der Waals surface area contributed by atoms with Gasteiger partial charge in [0.1, 0.15) is 5.75 Å². The van der Waals surface area contributed by atoms with Crippen LogP contribution < -0.4 is 14.8 Å². The molecular formula is C19H23ClN2O5S. The third kappa shape index (κ3) is 6.79. The number of methoxy groups -OCH3 is 1. The van der Waals surface area contributed by atoms with Crippen molar-refractivity contribution in [1.82, 2.24) is 10.0 Å². The Balaban J connectivity index is 1.82. The van der Waals surface area contributed by atoms with Gasteiger partial charge in [-0.15, -0.1) is 0 Å². The number of nitrogens with one attached hydrogen (secondary N) is 2. The van der Waals surface area contributed by atoms with E-state index in [2.05, 4.69) is 10.0 Å². The molecule has 9 heteroatoms. The van der Waals surface area contributed by atoms with Crippen LogP contribution in [0.25, 0.3) is 0 Å². The van der Waals surface area contributed by atoms with Crippen LogP contribution >= 0.6 is 11.6 Å². The molecule has 0 aliphatic carbocycles. The molecule has 0 heterocycles. The third-order valence-corrected chi connectivity index (χ3v) is 5.72. The van der Waals surface area contributed by atoms with E-state index in [0.717, 1.165) is 11.1 Å². The fraction of sp³-hybridized carbons (Fsp3) is 0.316. The Morgan fingerprint density at radius 3 is 2.50 bits per heavy atom. The predicted octanol–water partition coefficient (Wildman–Crippen LogP) is 2.27. The van der Waals surface area contributed by atoms with Crippen LogP contribution in [-0.2, 0) is 26.1 Å². The van der Waals surface area contributed by atoms with E-state index in [9.17, 15) is 13.2 Å². The lowest BCUT2D eigenvalue weighted by atomic mass is 10.2. The highest BCUT2D eigenvalue weighted by Gasteiger charge is 2.13. The second kappa shape index (κ2) is 10.4.